The molecule has 0 bridgehead atoms. The Balaban J connectivity index is 0.00000289. The zero-order valence-corrected chi connectivity index (χ0v) is 13.9. The predicted molar refractivity (Wildman–Crippen MR) is 89.5 cm³/mol. The van der Waals surface area contributed by atoms with Gasteiger partial charge in [-0.15, -0.1) is 30.6 Å². The van der Waals surface area contributed by atoms with E-state index in [4.69, 9.17) is 5.73 Å². The fraction of sp³-hybridized carbons (Fsp3) is 0.769. The molecule has 1 aliphatic rings. The van der Waals surface area contributed by atoms with Crippen LogP contribution in [0.3, 0.4) is 0 Å². The summed E-state index contributed by atoms with van der Waals surface area (Å²) >= 11 is 0. The number of hydrogen-bond donors (Lipinski definition) is 2. The first-order valence-electron chi connectivity index (χ1n) is 6.54. The van der Waals surface area contributed by atoms with E-state index in [1.165, 1.54) is 25.9 Å². The van der Waals surface area contributed by atoms with Crippen LogP contribution >= 0.6 is 24.0 Å². The molecule has 0 aliphatic carbocycles. The first-order valence-corrected chi connectivity index (χ1v) is 6.54. The molecule has 4 nitrogen and oxygen atoms in total. The number of likely N-dealkylation sites (tertiary alicyclic amines) is 1. The lowest BCUT2D eigenvalue weighted by Crippen LogP contribution is -2.40. The van der Waals surface area contributed by atoms with E-state index in [9.17, 15) is 0 Å². The van der Waals surface area contributed by atoms with Crippen molar-refractivity contribution >= 4 is 29.9 Å². The second kappa shape index (κ2) is 9.61. The number of halogens is 1. The molecule has 1 saturated heterocycles. The molecule has 0 aromatic rings. The van der Waals surface area contributed by atoms with Crippen molar-refractivity contribution in [1.82, 2.24) is 10.2 Å². The average Bonchev–Trinajstić information content (AvgIpc) is 2.79. The van der Waals surface area contributed by atoms with Crippen molar-refractivity contribution in [2.45, 2.75) is 32.7 Å². The lowest BCUT2D eigenvalue weighted by atomic mass is 10.0. The van der Waals surface area contributed by atoms with Crippen molar-refractivity contribution in [3.8, 4) is 0 Å². The van der Waals surface area contributed by atoms with Gasteiger partial charge in [-0.05, 0) is 31.8 Å². The molecule has 0 amide bonds. The molecule has 1 unspecified atom stereocenters. The first kappa shape index (κ1) is 17.7. The molecule has 18 heavy (non-hydrogen) atoms. The van der Waals surface area contributed by atoms with Crippen LogP contribution in [0.15, 0.2) is 17.6 Å². The van der Waals surface area contributed by atoms with Crippen LogP contribution in [0.25, 0.3) is 0 Å². The minimum atomic E-state index is 0. The Kier molecular flexibility index (Phi) is 9.45. The van der Waals surface area contributed by atoms with Crippen LogP contribution in [-0.2, 0) is 0 Å². The average molecular weight is 366 g/mol. The Labute approximate surface area is 128 Å². The van der Waals surface area contributed by atoms with Crippen LogP contribution in [0.2, 0.25) is 0 Å². The van der Waals surface area contributed by atoms with Gasteiger partial charge in [-0.1, -0.05) is 19.9 Å². The largest absolute Gasteiger partial charge is 0.370 e. The highest BCUT2D eigenvalue weighted by atomic mass is 127. The van der Waals surface area contributed by atoms with E-state index in [-0.39, 0.29) is 24.0 Å². The van der Waals surface area contributed by atoms with Gasteiger partial charge in [-0.2, -0.15) is 0 Å². The molecule has 1 heterocycles. The van der Waals surface area contributed by atoms with Gasteiger partial charge in [0.2, 0.25) is 0 Å². The quantitative estimate of drug-likeness (QED) is 0.326. The molecule has 1 aliphatic heterocycles. The fourth-order valence-electron chi connectivity index (χ4n) is 2.25. The summed E-state index contributed by atoms with van der Waals surface area (Å²) in [6.45, 7) is 12.0. The molecule has 3 N–H and O–H groups in total. The van der Waals surface area contributed by atoms with Gasteiger partial charge in [0.15, 0.2) is 5.96 Å². The van der Waals surface area contributed by atoms with Crippen LogP contribution < -0.4 is 11.1 Å². The van der Waals surface area contributed by atoms with Crippen molar-refractivity contribution in [3.05, 3.63) is 12.7 Å². The highest BCUT2D eigenvalue weighted by Gasteiger charge is 2.24. The van der Waals surface area contributed by atoms with E-state index >= 15 is 0 Å². The summed E-state index contributed by atoms with van der Waals surface area (Å²) in [5.74, 6) is 1.14. The van der Waals surface area contributed by atoms with Gasteiger partial charge in [0.1, 0.15) is 0 Å². The fourth-order valence-corrected chi connectivity index (χ4v) is 2.25. The molecule has 0 aromatic carbocycles. The van der Waals surface area contributed by atoms with Crippen molar-refractivity contribution in [1.29, 1.82) is 0 Å². The van der Waals surface area contributed by atoms with E-state index in [2.05, 4.69) is 35.6 Å². The molecule has 5 heteroatoms. The predicted octanol–water partition coefficient (Wildman–Crippen LogP) is 1.82. The summed E-state index contributed by atoms with van der Waals surface area (Å²) in [5, 5.41) is 3.01. The smallest absolute Gasteiger partial charge is 0.188 e. The first-order chi connectivity index (χ1) is 8.15. The van der Waals surface area contributed by atoms with Gasteiger partial charge in [0.05, 0.1) is 6.54 Å². The summed E-state index contributed by atoms with van der Waals surface area (Å²) in [5.41, 5.74) is 5.78. The highest BCUT2D eigenvalue weighted by Crippen LogP contribution is 2.17. The van der Waals surface area contributed by atoms with Crippen molar-refractivity contribution in [3.63, 3.8) is 0 Å². The maximum Gasteiger partial charge on any atom is 0.188 e. The van der Waals surface area contributed by atoms with Gasteiger partial charge >= 0.3 is 0 Å². The minimum Gasteiger partial charge on any atom is -0.370 e. The SMILES string of the molecule is C=CCNC(N)=NCC(C(C)C)N1CCCC1.I. The summed E-state index contributed by atoms with van der Waals surface area (Å²) < 4.78 is 0. The maximum atomic E-state index is 5.78. The monoisotopic (exact) mass is 366 g/mol. The van der Waals surface area contributed by atoms with E-state index in [0.717, 1.165) is 6.54 Å². The summed E-state index contributed by atoms with van der Waals surface area (Å²) in [4.78, 5) is 6.96. The summed E-state index contributed by atoms with van der Waals surface area (Å²) in [6.07, 6.45) is 4.41. The molecule has 0 aromatic heterocycles. The van der Waals surface area contributed by atoms with Crippen LogP contribution in [0.4, 0.5) is 0 Å². The number of nitrogens with one attached hydrogen (secondary N) is 1. The van der Waals surface area contributed by atoms with Crippen molar-refractivity contribution in [2.75, 3.05) is 26.2 Å². The number of hydrogen-bond acceptors (Lipinski definition) is 2. The lowest BCUT2D eigenvalue weighted by Gasteiger charge is -2.29. The Morgan fingerprint density at radius 2 is 2.06 bits per heavy atom. The van der Waals surface area contributed by atoms with Gasteiger partial charge in [0.25, 0.3) is 0 Å². The second-order valence-corrected chi connectivity index (χ2v) is 4.95. The topological polar surface area (TPSA) is 53.6 Å². The number of rotatable bonds is 6. The van der Waals surface area contributed by atoms with Crippen molar-refractivity contribution in [2.24, 2.45) is 16.6 Å². The molecular weight excluding hydrogens is 339 g/mol. The Morgan fingerprint density at radius 3 is 2.56 bits per heavy atom. The van der Waals surface area contributed by atoms with Crippen LogP contribution in [0, 0.1) is 5.92 Å². The van der Waals surface area contributed by atoms with Crippen LogP contribution in [-0.4, -0.2) is 43.1 Å². The number of nitrogens with two attached hydrogens (primary N) is 1. The normalized spacial score (nSPS) is 18.5. The number of aliphatic imine (C=N–C) groups is 1. The second-order valence-electron chi connectivity index (χ2n) is 4.95. The molecule has 1 rings (SSSR count). The third-order valence-corrected chi connectivity index (χ3v) is 3.26. The van der Waals surface area contributed by atoms with Crippen LogP contribution in [0.1, 0.15) is 26.7 Å². The van der Waals surface area contributed by atoms with Gasteiger partial charge in [0, 0.05) is 12.6 Å². The van der Waals surface area contributed by atoms with Gasteiger partial charge in [-0.3, -0.25) is 9.89 Å². The van der Waals surface area contributed by atoms with E-state index in [0.29, 0.717) is 24.5 Å². The van der Waals surface area contributed by atoms with Gasteiger partial charge < -0.3 is 11.1 Å². The standard InChI is InChI=1S/C13H26N4.HI/c1-4-7-15-13(14)16-10-12(11(2)3)17-8-5-6-9-17;/h4,11-12H,1,5-10H2,2-3H3,(H3,14,15,16);1H. The summed E-state index contributed by atoms with van der Waals surface area (Å²) in [6, 6.07) is 0.515. The molecule has 1 atom stereocenters. The number of nitrogens with zero attached hydrogens (tertiary/aromatic N) is 2. The maximum absolute atomic E-state index is 5.78. The summed E-state index contributed by atoms with van der Waals surface area (Å²) in [7, 11) is 0. The lowest BCUT2D eigenvalue weighted by molar-refractivity contribution is 0.197. The molecule has 106 valence electrons. The third-order valence-electron chi connectivity index (χ3n) is 3.26. The Morgan fingerprint density at radius 1 is 1.44 bits per heavy atom. The van der Waals surface area contributed by atoms with E-state index in [1.807, 2.05) is 0 Å². The minimum absolute atomic E-state index is 0. The third kappa shape index (κ3) is 6.04. The molecule has 0 spiro atoms. The molecule has 0 saturated carbocycles. The zero-order valence-electron chi connectivity index (χ0n) is 11.6. The van der Waals surface area contributed by atoms with Crippen LogP contribution in [0.5, 0.6) is 0 Å². The van der Waals surface area contributed by atoms with E-state index in [1.54, 1.807) is 6.08 Å². The van der Waals surface area contributed by atoms with Gasteiger partial charge in [-0.25, -0.2) is 0 Å². The van der Waals surface area contributed by atoms with E-state index < -0.39 is 0 Å². The Hall–Kier alpha value is -0.300. The number of guanidine groups is 1. The molecule has 0 radical (unpaired) electrons. The zero-order chi connectivity index (χ0) is 12.7. The Bertz CT molecular complexity index is 260. The molecule has 1 fully saturated rings. The highest BCUT2D eigenvalue weighted by molar-refractivity contribution is 14.0. The van der Waals surface area contributed by atoms with Crippen molar-refractivity contribution < 1.29 is 0 Å². The molecular formula is C13H27IN4.